The second kappa shape index (κ2) is 8.34. The van der Waals surface area contributed by atoms with Crippen LogP contribution in [0.3, 0.4) is 0 Å². The van der Waals surface area contributed by atoms with Crippen LogP contribution in [0.4, 0.5) is 0 Å². The number of hydrogen-bond donors (Lipinski definition) is 2. The van der Waals surface area contributed by atoms with Crippen LogP contribution in [0.5, 0.6) is 0 Å². The van der Waals surface area contributed by atoms with Gasteiger partial charge in [-0.3, -0.25) is 0 Å². The van der Waals surface area contributed by atoms with Crippen LogP contribution in [-0.4, -0.2) is 28.0 Å². The van der Waals surface area contributed by atoms with E-state index < -0.39 is 5.60 Å². The van der Waals surface area contributed by atoms with Crippen LogP contribution in [0.15, 0.2) is 29.0 Å². The van der Waals surface area contributed by atoms with Gasteiger partial charge in [0.15, 0.2) is 0 Å². The van der Waals surface area contributed by atoms with Crippen molar-refractivity contribution in [2.45, 2.75) is 110 Å². The van der Waals surface area contributed by atoms with E-state index in [1.165, 1.54) is 11.1 Å². The Morgan fingerprint density at radius 2 is 1.94 bits per heavy atom. The number of rotatable bonds is 6. The first-order valence-electron chi connectivity index (χ1n) is 13.0. The lowest BCUT2D eigenvalue weighted by molar-refractivity contribution is -0.0788. The predicted octanol–water partition coefficient (Wildman–Crippen LogP) is 6.41. The first kappa shape index (κ1) is 24.1. The Hall–Kier alpha value is -1.00. The minimum atomic E-state index is -0.801. The van der Waals surface area contributed by atoms with Gasteiger partial charge in [-0.2, -0.15) is 4.91 Å². The van der Waals surface area contributed by atoms with Gasteiger partial charge in [-0.05, 0) is 99.2 Å². The second-order valence-corrected chi connectivity index (χ2v) is 12.8. The summed E-state index contributed by atoms with van der Waals surface area (Å²) in [5.41, 5.74) is 2.00. The first-order chi connectivity index (χ1) is 14.9. The summed E-state index contributed by atoms with van der Waals surface area (Å²) in [6.45, 7) is 15.3. The molecule has 9 atom stereocenters. The molecule has 4 heteroatoms. The van der Waals surface area contributed by atoms with Gasteiger partial charge in [0.25, 0.3) is 0 Å². The quantitative estimate of drug-likeness (QED) is 0.368. The largest absolute Gasteiger partial charge is 0.392 e. The van der Waals surface area contributed by atoms with Crippen LogP contribution < -0.4 is 0 Å². The van der Waals surface area contributed by atoms with Gasteiger partial charge in [-0.15, -0.1) is 0 Å². The highest BCUT2D eigenvalue weighted by molar-refractivity contribution is 5.30. The van der Waals surface area contributed by atoms with E-state index in [9.17, 15) is 15.1 Å². The lowest BCUT2D eigenvalue weighted by Crippen LogP contribution is -2.52. The molecule has 3 fully saturated rings. The van der Waals surface area contributed by atoms with Crippen molar-refractivity contribution >= 4 is 0 Å². The summed E-state index contributed by atoms with van der Waals surface area (Å²) < 4.78 is 0. The molecule has 3 saturated carbocycles. The maximum Gasteiger partial charge on any atom is 0.0923 e. The fourth-order valence-corrected chi connectivity index (χ4v) is 8.49. The molecule has 0 heterocycles. The van der Waals surface area contributed by atoms with Crippen molar-refractivity contribution in [3.63, 3.8) is 0 Å². The minimum absolute atomic E-state index is 0.0194. The van der Waals surface area contributed by atoms with Crippen molar-refractivity contribution in [3.05, 3.63) is 28.7 Å². The summed E-state index contributed by atoms with van der Waals surface area (Å²) in [5, 5.41) is 26.4. The van der Waals surface area contributed by atoms with Crippen LogP contribution in [0, 0.1) is 45.3 Å². The molecule has 32 heavy (non-hydrogen) atoms. The molecular formula is C28H45NO3. The molecule has 0 amide bonds. The predicted molar refractivity (Wildman–Crippen MR) is 130 cm³/mol. The number of nitroso groups, excluding NO2 is 1. The molecule has 4 rings (SSSR count). The molecule has 180 valence electrons. The van der Waals surface area contributed by atoms with Gasteiger partial charge in [-0.1, -0.05) is 56.7 Å². The molecule has 0 aliphatic heterocycles. The standard InChI is InChI=1S/C28H45NO3/c1-17(2)18(3)9-14-28(6,31)24-16-23(30)25-21-8-7-19-15-20(29-32)10-12-26(19,4)22(21)11-13-27(24,25)5/h8,17,19-20,22-25,30-31H,3,7,9-16H2,1-2,4-6H3. The number of aliphatic hydroxyl groups excluding tert-OH is 1. The molecule has 0 saturated heterocycles. The number of nitrogens with zero attached hydrogens (tertiary/aromatic N) is 1. The average Bonchev–Trinajstić information content (AvgIpc) is 3.03. The third kappa shape index (κ3) is 3.74. The lowest BCUT2D eigenvalue weighted by Gasteiger charge is -2.58. The first-order valence-corrected chi connectivity index (χ1v) is 13.0. The van der Waals surface area contributed by atoms with Gasteiger partial charge >= 0.3 is 0 Å². The highest BCUT2D eigenvalue weighted by Gasteiger charge is 2.63. The zero-order valence-electron chi connectivity index (χ0n) is 20.9. The molecule has 0 aromatic rings. The summed E-state index contributed by atoms with van der Waals surface area (Å²) in [6.07, 6.45) is 10.4. The van der Waals surface area contributed by atoms with Crippen molar-refractivity contribution in [2.24, 2.45) is 45.6 Å². The zero-order chi connectivity index (χ0) is 23.5. The molecule has 0 radical (unpaired) electrons. The maximum atomic E-state index is 11.6. The third-order valence-corrected chi connectivity index (χ3v) is 10.7. The van der Waals surface area contributed by atoms with Crippen molar-refractivity contribution in [1.82, 2.24) is 0 Å². The van der Waals surface area contributed by atoms with Gasteiger partial charge in [0.05, 0.1) is 17.7 Å². The highest BCUT2D eigenvalue weighted by atomic mass is 16.3. The van der Waals surface area contributed by atoms with Crippen LogP contribution in [0.1, 0.15) is 92.4 Å². The number of fused-ring (bicyclic) bond motifs is 5. The number of aliphatic hydroxyl groups is 2. The molecular weight excluding hydrogens is 398 g/mol. The van der Waals surface area contributed by atoms with Crippen LogP contribution in [0.2, 0.25) is 0 Å². The van der Waals surface area contributed by atoms with E-state index in [1.54, 1.807) is 0 Å². The Balaban J connectivity index is 1.58. The fraction of sp³-hybridized carbons (Fsp3) is 0.857. The van der Waals surface area contributed by atoms with E-state index in [-0.39, 0.29) is 34.8 Å². The monoisotopic (exact) mass is 443 g/mol. The summed E-state index contributed by atoms with van der Waals surface area (Å²) >= 11 is 0. The molecule has 0 spiro atoms. The SMILES string of the molecule is C=C(CCC(C)(O)C1CC(O)C2C3=CCC4CC(N=O)CCC4(C)C3CCC21C)C(C)C. The molecule has 0 aromatic carbocycles. The zero-order valence-corrected chi connectivity index (χ0v) is 20.9. The van der Waals surface area contributed by atoms with E-state index in [0.717, 1.165) is 44.9 Å². The molecule has 4 aliphatic rings. The normalized spacial score (nSPS) is 45.3. The van der Waals surface area contributed by atoms with Crippen molar-refractivity contribution in [1.29, 1.82) is 0 Å². The summed E-state index contributed by atoms with van der Waals surface area (Å²) in [7, 11) is 0. The lowest BCUT2D eigenvalue weighted by atomic mass is 9.47. The van der Waals surface area contributed by atoms with E-state index in [2.05, 4.69) is 45.5 Å². The van der Waals surface area contributed by atoms with Crippen molar-refractivity contribution in [2.75, 3.05) is 0 Å². The van der Waals surface area contributed by atoms with E-state index in [1.807, 2.05) is 6.92 Å². The Kier molecular flexibility index (Phi) is 6.29. The maximum absolute atomic E-state index is 11.6. The smallest absolute Gasteiger partial charge is 0.0923 e. The summed E-state index contributed by atoms with van der Waals surface area (Å²) in [5.74, 6) is 1.69. The van der Waals surface area contributed by atoms with Crippen LogP contribution in [0.25, 0.3) is 0 Å². The van der Waals surface area contributed by atoms with Crippen LogP contribution >= 0.6 is 0 Å². The van der Waals surface area contributed by atoms with E-state index >= 15 is 0 Å². The molecule has 4 nitrogen and oxygen atoms in total. The topological polar surface area (TPSA) is 69.9 Å². The molecule has 2 N–H and O–H groups in total. The van der Waals surface area contributed by atoms with Gasteiger partial charge < -0.3 is 10.2 Å². The summed E-state index contributed by atoms with van der Waals surface area (Å²) in [4.78, 5) is 11.2. The Bertz CT molecular complexity index is 786. The number of allylic oxidation sites excluding steroid dienone is 2. The highest BCUT2D eigenvalue weighted by Crippen LogP contribution is 2.67. The summed E-state index contributed by atoms with van der Waals surface area (Å²) in [6, 6.07) is -0.0194. The molecule has 0 aromatic heterocycles. The fourth-order valence-electron chi connectivity index (χ4n) is 8.49. The van der Waals surface area contributed by atoms with E-state index in [4.69, 9.17) is 0 Å². The molecule has 4 aliphatic carbocycles. The Morgan fingerprint density at radius 1 is 1.25 bits per heavy atom. The van der Waals surface area contributed by atoms with Gasteiger partial charge in [-0.25, -0.2) is 0 Å². The van der Waals surface area contributed by atoms with Gasteiger partial charge in [0.1, 0.15) is 0 Å². The van der Waals surface area contributed by atoms with Crippen molar-refractivity contribution < 1.29 is 10.2 Å². The van der Waals surface area contributed by atoms with Gasteiger partial charge in [0, 0.05) is 5.92 Å². The average molecular weight is 444 g/mol. The van der Waals surface area contributed by atoms with Gasteiger partial charge in [0.2, 0.25) is 0 Å². The number of hydrogen-bond acceptors (Lipinski definition) is 4. The van der Waals surface area contributed by atoms with Crippen molar-refractivity contribution in [3.8, 4) is 0 Å². The third-order valence-electron chi connectivity index (χ3n) is 10.7. The van der Waals surface area contributed by atoms with E-state index in [0.29, 0.717) is 30.6 Å². The second-order valence-electron chi connectivity index (χ2n) is 12.8. The Labute approximate surface area is 194 Å². The molecule has 9 unspecified atom stereocenters. The Morgan fingerprint density at radius 3 is 2.59 bits per heavy atom. The minimum Gasteiger partial charge on any atom is -0.392 e. The molecule has 0 bridgehead atoms. The van der Waals surface area contributed by atoms with Crippen LogP contribution in [-0.2, 0) is 0 Å².